The lowest BCUT2D eigenvalue weighted by molar-refractivity contribution is 0.0948. The zero-order chi connectivity index (χ0) is 26.2. The fourth-order valence-corrected chi connectivity index (χ4v) is 4.10. The van der Waals surface area contributed by atoms with Crippen molar-refractivity contribution in [2.75, 3.05) is 32.6 Å². The Balaban J connectivity index is 1.75. The largest absolute Gasteiger partial charge is 0.496 e. The van der Waals surface area contributed by atoms with Gasteiger partial charge in [-0.1, -0.05) is 30.3 Å². The van der Waals surface area contributed by atoms with E-state index in [2.05, 4.69) is 20.9 Å². The minimum atomic E-state index is -0.243. The molecule has 0 spiro atoms. The lowest BCUT2D eigenvalue weighted by Crippen LogP contribution is -2.24. The third-order valence-corrected chi connectivity index (χ3v) is 6.08. The number of amides is 2. The number of nitrogens with zero attached hydrogens (tertiary/aromatic N) is 1. The SMILES string of the molecule is CNC(=O)c1cnc2cc(OC)c(-c3ccc(C(=O)NCCCCN)cc3)cc2c1Nc1ccccc1. The van der Waals surface area contributed by atoms with Gasteiger partial charge in [-0.2, -0.15) is 0 Å². The van der Waals surface area contributed by atoms with Gasteiger partial charge in [-0.25, -0.2) is 0 Å². The number of fused-ring (bicyclic) bond motifs is 1. The highest BCUT2D eigenvalue weighted by Gasteiger charge is 2.18. The number of nitrogens with two attached hydrogens (primary N) is 1. The van der Waals surface area contributed by atoms with Crippen molar-refractivity contribution < 1.29 is 14.3 Å². The number of para-hydroxylation sites is 1. The minimum Gasteiger partial charge on any atom is -0.496 e. The van der Waals surface area contributed by atoms with Crippen molar-refractivity contribution in [2.45, 2.75) is 12.8 Å². The first-order chi connectivity index (χ1) is 18.0. The molecule has 0 aliphatic heterocycles. The molecule has 37 heavy (non-hydrogen) atoms. The van der Waals surface area contributed by atoms with Crippen LogP contribution in [0.15, 0.2) is 72.9 Å². The molecule has 4 rings (SSSR count). The average molecular weight is 498 g/mol. The summed E-state index contributed by atoms with van der Waals surface area (Å²) in [5.41, 5.74) is 10.4. The lowest BCUT2D eigenvalue weighted by Gasteiger charge is -2.17. The van der Waals surface area contributed by atoms with E-state index in [4.69, 9.17) is 10.5 Å². The first kappa shape index (κ1) is 25.7. The molecule has 0 fully saturated rings. The van der Waals surface area contributed by atoms with Crippen LogP contribution in [0.25, 0.3) is 22.0 Å². The lowest BCUT2D eigenvalue weighted by atomic mass is 9.98. The van der Waals surface area contributed by atoms with Crippen molar-refractivity contribution in [3.63, 3.8) is 0 Å². The summed E-state index contributed by atoms with van der Waals surface area (Å²) in [5, 5.41) is 9.77. The first-order valence-corrected chi connectivity index (χ1v) is 12.2. The summed E-state index contributed by atoms with van der Waals surface area (Å²) in [7, 11) is 3.20. The molecule has 5 N–H and O–H groups in total. The van der Waals surface area contributed by atoms with Crippen molar-refractivity contribution in [2.24, 2.45) is 5.73 Å². The Morgan fingerprint density at radius 1 is 0.973 bits per heavy atom. The molecule has 3 aromatic carbocycles. The molecular weight excluding hydrogens is 466 g/mol. The van der Waals surface area contributed by atoms with Gasteiger partial charge in [0.1, 0.15) is 5.75 Å². The molecule has 0 bridgehead atoms. The van der Waals surface area contributed by atoms with Gasteiger partial charge in [0.25, 0.3) is 11.8 Å². The molecule has 0 aliphatic carbocycles. The Hall–Kier alpha value is -4.43. The molecule has 8 nitrogen and oxygen atoms in total. The Bertz CT molecular complexity index is 1390. The molecule has 0 aliphatic rings. The van der Waals surface area contributed by atoms with Crippen LogP contribution in [0.5, 0.6) is 5.75 Å². The third kappa shape index (κ3) is 5.87. The number of rotatable bonds is 10. The van der Waals surface area contributed by atoms with Crippen molar-refractivity contribution >= 4 is 34.1 Å². The minimum absolute atomic E-state index is 0.122. The van der Waals surface area contributed by atoms with E-state index >= 15 is 0 Å². The second-order valence-electron chi connectivity index (χ2n) is 8.52. The van der Waals surface area contributed by atoms with Gasteiger partial charge in [0.15, 0.2) is 0 Å². The number of unbranched alkanes of at least 4 members (excludes halogenated alkanes) is 1. The van der Waals surface area contributed by atoms with Crippen LogP contribution in [0.1, 0.15) is 33.6 Å². The fraction of sp³-hybridized carbons (Fsp3) is 0.207. The van der Waals surface area contributed by atoms with Crippen LogP contribution in [0, 0.1) is 0 Å². The molecule has 0 saturated heterocycles. The summed E-state index contributed by atoms with van der Waals surface area (Å²) >= 11 is 0. The molecule has 0 unspecified atom stereocenters. The highest BCUT2D eigenvalue weighted by Crippen LogP contribution is 2.38. The molecule has 190 valence electrons. The monoisotopic (exact) mass is 497 g/mol. The number of hydrogen-bond acceptors (Lipinski definition) is 6. The summed E-state index contributed by atoms with van der Waals surface area (Å²) in [4.78, 5) is 29.7. The van der Waals surface area contributed by atoms with E-state index < -0.39 is 0 Å². The van der Waals surface area contributed by atoms with E-state index in [0.29, 0.717) is 41.2 Å². The van der Waals surface area contributed by atoms with Gasteiger partial charge in [0.05, 0.1) is 23.9 Å². The maximum atomic E-state index is 12.7. The second-order valence-corrected chi connectivity index (χ2v) is 8.52. The fourth-order valence-electron chi connectivity index (χ4n) is 4.10. The van der Waals surface area contributed by atoms with Crippen LogP contribution in [-0.2, 0) is 0 Å². The predicted octanol–water partition coefficient (Wildman–Crippen LogP) is 4.48. The number of methoxy groups -OCH3 is 1. The van der Waals surface area contributed by atoms with Gasteiger partial charge in [0.2, 0.25) is 0 Å². The average Bonchev–Trinajstić information content (AvgIpc) is 2.95. The molecule has 1 aromatic heterocycles. The summed E-state index contributed by atoms with van der Waals surface area (Å²) < 4.78 is 5.69. The van der Waals surface area contributed by atoms with Gasteiger partial charge < -0.3 is 26.4 Å². The van der Waals surface area contributed by atoms with Gasteiger partial charge in [0, 0.05) is 48.1 Å². The van der Waals surface area contributed by atoms with E-state index in [1.807, 2.05) is 54.6 Å². The van der Waals surface area contributed by atoms with E-state index in [0.717, 1.165) is 35.0 Å². The molecule has 4 aromatic rings. The zero-order valence-corrected chi connectivity index (χ0v) is 21.0. The molecule has 0 saturated carbocycles. The highest BCUT2D eigenvalue weighted by atomic mass is 16.5. The van der Waals surface area contributed by atoms with Crippen LogP contribution in [0.3, 0.4) is 0 Å². The quantitative estimate of drug-likeness (QED) is 0.240. The standard InChI is InChI=1S/C29H31N5O3/c1-31-29(36)24-18-33-25-17-26(37-2)22(16-23(25)27(24)34-21-8-4-3-5-9-21)19-10-12-20(13-11-19)28(35)32-15-7-6-14-30/h3-5,8-13,16-18H,6-7,14-15,30H2,1-2H3,(H,31,36)(H,32,35)(H,33,34). The van der Waals surface area contributed by atoms with E-state index in [9.17, 15) is 9.59 Å². The van der Waals surface area contributed by atoms with Gasteiger partial charge in [-0.05, 0) is 55.3 Å². The number of aromatic nitrogens is 1. The first-order valence-electron chi connectivity index (χ1n) is 12.2. The summed E-state index contributed by atoms with van der Waals surface area (Å²) in [5.74, 6) is 0.271. The smallest absolute Gasteiger partial charge is 0.254 e. The topological polar surface area (TPSA) is 118 Å². The summed E-state index contributed by atoms with van der Waals surface area (Å²) in [6, 6.07) is 20.8. The van der Waals surface area contributed by atoms with Crippen molar-refractivity contribution in [3.05, 3.63) is 84.1 Å². The van der Waals surface area contributed by atoms with Crippen molar-refractivity contribution in [1.82, 2.24) is 15.6 Å². The van der Waals surface area contributed by atoms with Crippen LogP contribution in [0.2, 0.25) is 0 Å². The van der Waals surface area contributed by atoms with Crippen LogP contribution < -0.4 is 26.4 Å². The van der Waals surface area contributed by atoms with E-state index in [-0.39, 0.29) is 11.8 Å². The van der Waals surface area contributed by atoms with Crippen LogP contribution in [-0.4, -0.2) is 44.0 Å². The molecule has 0 atom stereocenters. The maximum Gasteiger partial charge on any atom is 0.254 e. The Morgan fingerprint density at radius 2 is 1.73 bits per heavy atom. The number of nitrogens with one attached hydrogen (secondary N) is 3. The molecular formula is C29H31N5O3. The number of anilines is 2. The van der Waals surface area contributed by atoms with Crippen LogP contribution >= 0.6 is 0 Å². The molecule has 2 amide bonds. The number of carbonyl (C=O) groups excluding carboxylic acids is 2. The van der Waals surface area contributed by atoms with E-state index in [1.165, 1.54) is 0 Å². The zero-order valence-electron chi connectivity index (χ0n) is 21.0. The molecule has 8 heteroatoms. The van der Waals surface area contributed by atoms with Crippen molar-refractivity contribution in [3.8, 4) is 16.9 Å². The number of carbonyl (C=O) groups is 2. The highest BCUT2D eigenvalue weighted by molar-refractivity contribution is 6.09. The van der Waals surface area contributed by atoms with Gasteiger partial charge >= 0.3 is 0 Å². The maximum absolute atomic E-state index is 12.7. The van der Waals surface area contributed by atoms with E-state index in [1.54, 1.807) is 32.5 Å². The second kappa shape index (κ2) is 12.0. The summed E-state index contributed by atoms with van der Waals surface area (Å²) in [6.07, 6.45) is 3.28. The number of pyridine rings is 1. The normalized spacial score (nSPS) is 10.7. The number of benzene rings is 3. The van der Waals surface area contributed by atoms with Crippen molar-refractivity contribution in [1.29, 1.82) is 0 Å². The summed E-state index contributed by atoms with van der Waals surface area (Å²) in [6.45, 7) is 1.20. The molecule has 1 heterocycles. The Kier molecular flexibility index (Phi) is 8.33. The van der Waals surface area contributed by atoms with Crippen LogP contribution in [0.4, 0.5) is 11.4 Å². The van der Waals surface area contributed by atoms with Gasteiger partial charge in [-0.3, -0.25) is 14.6 Å². The predicted molar refractivity (Wildman–Crippen MR) is 147 cm³/mol. The van der Waals surface area contributed by atoms with Gasteiger partial charge in [-0.15, -0.1) is 0 Å². The Labute approximate surface area is 216 Å². The molecule has 0 radical (unpaired) electrons. The Morgan fingerprint density at radius 3 is 2.41 bits per heavy atom. The number of hydrogen-bond donors (Lipinski definition) is 4. The number of ether oxygens (including phenoxy) is 1. The third-order valence-electron chi connectivity index (χ3n) is 6.08.